The molecule has 11 heteroatoms. The molecular weight excluding hydrogens is 463 g/mol. The average Bonchev–Trinajstić information content (AvgIpc) is 2.75. The summed E-state index contributed by atoms with van der Waals surface area (Å²) in [5, 5.41) is 3.09. The highest BCUT2D eigenvalue weighted by Gasteiger charge is 2.66. The first-order valence-electron chi connectivity index (χ1n) is 10.9. The van der Waals surface area contributed by atoms with Crippen molar-refractivity contribution in [2.24, 2.45) is 5.92 Å². The zero-order valence-electron chi connectivity index (χ0n) is 18.0. The molecule has 2 unspecified atom stereocenters. The normalized spacial score (nSPS) is 30.4. The van der Waals surface area contributed by atoms with Gasteiger partial charge in [0.1, 0.15) is 6.54 Å². The van der Waals surface area contributed by atoms with E-state index >= 15 is 0 Å². The van der Waals surface area contributed by atoms with Crippen molar-refractivity contribution >= 4 is 29.4 Å². The summed E-state index contributed by atoms with van der Waals surface area (Å²) in [7, 11) is 0. The summed E-state index contributed by atoms with van der Waals surface area (Å²) in [6, 6.07) is 6.41. The van der Waals surface area contributed by atoms with Crippen molar-refractivity contribution in [1.82, 2.24) is 15.1 Å². The van der Waals surface area contributed by atoms with Crippen LogP contribution in [-0.2, 0) is 25.7 Å². The number of alkyl halides is 3. The van der Waals surface area contributed by atoms with Crippen molar-refractivity contribution in [2.75, 3.05) is 13.1 Å². The van der Waals surface area contributed by atoms with Crippen LogP contribution in [0.15, 0.2) is 24.3 Å². The SMILES string of the molecule is C[C@H]1CC[C@H](N2CC(=O)N(Cc3ccc(Cl)cc3)C3(CNC3OC(=O)C(F)(F)F)C2=O)CC1. The van der Waals surface area contributed by atoms with E-state index in [1.807, 2.05) is 0 Å². The van der Waals surface area contributed by atoms with Crippen LogP contribution < -0.4 is 5.32 Å². The first kappa shape index (κ1) is 23.8. The lowest BCUT2D eigenvalue weighted by molar-refractivity contribution is -0.229. The van der Waals surface area contributed by atoms with Gasteiger partial charge in [0.25, 0.3) is 5.91 Å². The molecule has 1 aromatic rings. The zero-order valence-corrected chi connectivity index (χ0v) is 18.8. The minimum atomic E-state index is -5.22. The second kappa shape index (κ2) is 8.79. The van der Waals surface area contributed by atoms with Gasteiger partial charge in [0, 0.05) is 24.2 Å². The van der Waals surface area contributed by atoms with Crippen molar-refractivity contribution in [1.29, 1.82) is 0 Å². The molecule has 3 aliphatic rings. The van der Waals surface area contributed by atoms with Crippen LogP contribution >= 0.6 is 11.6 Å². The number of rotatable bonds is 4. The zero-order chi connectivity index (χ0) is 24.0. The Balaban J connectivity index is 1.65. The number of esters is 1. The molecule has 180 valence electrons. The second-order valence-electron chi connectivity index (χ2n) is 9.04. The summed E-state index contributed by atoms with van der Waals surface area (Å²) in [5.74, 6) is -2.79. The van der Waals surface area contributed by atoms with E-state index in [1.54, 1.807) is 24.3 Å². The van der Waals surface area contributed by atoms with Crippen molar-refractivity contribution in [3.8, 4) is 0 Å². The molecule has 2 amide bonds. The van der Waals surface area contributed by atoms with Gasteiger partial charge in [-0.25, -0.2) is 4.79 Å². The van der Waals surface area contributed by atoms with Crippen molar-refractivity contribution in [3.05, 3.63) is 34.9 Å². The van der Waals surface area contributed by atoms with E-state index in [-0.39, 0.29) is 25.7 Å². The third kappa shape index (κ3) is 4.42. The summed E-state index contributed by atoms with van der Waals surface area (Å²) >= 11 is 5.92. The van der Waals surface area contributed by atoms with E-state index in [1.165, 1.54) is 9.80 Å². The standard InChI is InChI=1S/C22H25ClF3N3O4/c1-13-2-8-16(9-3-13)28-11-17(30)29(10-14-4-6-15(23)7-5-14)21(19(28)31)12-27-18(21)33-20(32)22(24,25)26/h4-7,13,16,18,27H,2-3,8-12H2,1H3/t13-,16-,18?,21?. The Morgan fingerprint density at radius 1 is 1.18 bits per heavy atom. The maximum Gasteiger partial charge on any atom is 0.490 e. The Labute approximate surface area is 194 Å². The third-order valence-electron chi connectivity index (χ3n) is 6.85. The molecular formula is C22H25ClF3N3O4. The smallest absolute Gasteiger partial charge is 0.437 e. The number of nitrogens with one attached hydrogen (secondary N) is 1. The number of hydrogen-bond acceptors (Lipinski definition) is 5. The highest BCUT2D eigenvalue weighted by atomic mass is 35.5. The Bertz CT molecular complexity index is 934. The van der Waals surface area contributed by atoms with E-state index in [4.69, 9.17) is 11.6 Å². The first-order valence-corrected chi connectivity index (χ1v) is 11.3. The summed E-state index contributed by atoms with van der Waals surface area (Å²) in [6.45, 7) is 1.82. The van der Waals surface area contributed by atoms with Crippen LogP contribution in [0, 0.1) is 5.92 Å². The molecule has 2 aliphatic heterocycles. The fraction of sp³-hybridized carbons (Fsp3) is 0.591. The lowest BCUT2D eigenvalue weighted by Crippen LogP contribution is -2.85. The fourth-order valence-corrected chi connectivity index (χ4v) is 4.98. The number of nitrogens with zero attached hydrogens (tertiary/aromatic N) is 2. The molecule has 1 N–H and O–H groups in total. The van der Waals surface area contributed by atoms with Crippen molar-refractivity contribution in [3.63, 3.8) is 0 Å². The Kier molecular flexibility index (Phi) is 6.34. The number of amides is 2. The van der Waals surface area contributed by atoms with Gasteiger partial charge in [0.2, 0.25) is 5.91 Å². The quantitative estimate of drug-likeness (QED) is 0.661. The topological polar surface area (TPSA) is 79.0 Å². The maximum atomic E-state index is 13.8. The van der Waals surface area contributed by atoms with Crippen LogP contribution in [0.5, 0.6) is 0 Å². The number of halogens is 4. The minimum Gasteiger partial charge on any atom is -0.437 e. The van der Waals surface area contributed by atoms with Crippen LogP contribution in [-0.4, -0.2) is 64.7 Å². The molecule has 1 aliphatic carbocycles. The van der Waals surface area contributed by atoms with Gasteiger partial charge in [0.15, 0.2) is 11.8 Å². The van der Waals surface area contributed by atoms with Gasteiger partial charge < -0.3 is 14.5 Å². The Morgan fingerprint density at radius 3 is 2.36 bits per heavy atom. The number of carbonyl (C=O) groups is 3. The van der Waals surface area contributed by atoms with E-state index in [0.29, 0.717) is 29.3 Å². The number of carbonyl (C=O) groups excluding carboxylic acids is 3. The van der Waals surface area contributed by atoms with Gasteiger partial charge in [-0.05, 0) is 49.3 Å². The fourth-order valence-electron chi connectivity index (χ4n) is 4.86. The van der Waals surface area contributed by atoms with Crippen molar-refractivity contribution < 1.29 is 32.3 Å². The number of benzene rings is 1. The molecule has 2 saturated heterocycles. The Morgan fingerprint density at radius 2 is 1.82 bits per heavy atom. The largest absolute Gasteiger partial charge is 0.490 e. The second-order valence-corrected chi connectivity index (χ2v) is 9.48. The summed E-state index contributed by atoms with van der Waals surface area (Å²) in [5.41, 5.74) is -1.09. The van der Waals surface area contributed by atoms with E-state index < -0.39 is 35.7 Å². The molecule has 4 rings (SSSR count). The minimum absolute atomic E-state index is 0.0287. The number of ether oxygens (including phenoxy) is 1. The van der Waals surface area contributed by atoms with Crippen molar-refractivity contribution in [2.45, 2.75) is 63.1 Å². The molecule has 0 bridgehead atoms. The molecule has 33 heavy (non-hydrogen) atoms. The van der Waals surface area contributed by atoms with Gasteiger partial charge in [-0.2, -0.15) is 13.2 Å². The maximum absolute atomic E-state index is 13.8. The van der Waals surface area contributed by atoms with E-state index in [0.717, 1.165) is 12.8 Å². The average molecular weight is 488 g/mol. The lowest BCUT2D eigenvalue weighted by Gasteiger charge is -2.58. The molecule has 7 nitrogen and oxygen atoms in total. The first-order chi connectivity index (χ1) is 15.5. The highest BCUT2D eigenvalue weighted by Crippen LogP contribution is 2.39. The van der Waals surface area contributed by atoms with E-state index in [2.05, 4.69) is 17.0 Å². The molecule has 2 atom stereocenters. The number of piperazine rings is 1. The Hall–Kier alpha value is -2.33. The summed E-state index contributed by atoms with van der Waals surface area (Å²) in [6.07, 6.45) is -3.59. The molecule has 1 aromatic carbocycles. The van der Waals surface area contributed by atoms with Gasteiger partial charge in [-0.15, -0.1) is 0 Å². The van der Waals surface area contributed by atoms with E-state index in [9.17, 15) is 27.6 Å². The van der Waals surface area contributed by atoms with Crippen LogP contribution in [0.2, 0.25) is 5.02 Å². The lowest BCUT2D eigenvalue weighted by atomic mass is 9.80. The van der Waals surface area contributed by atoms with Gasteiger partial charge in [-0.3, -0.25) is 14.9 Å². The molecule has 3 fully saturated rings. The third-order valence-corrected chi connectivity index (χ3v) is 7.10. The van der Waals surface area contributed by atoms with Gasteiger partial charge in [0.05, 0.1) is 0 Å². The molecule has 1 spiro atoms. The summed E-state index contributed by atoms with van der Waals surface area (Å²) < 4.78 is 43.3. The molecule has 1 saturated carbocycles. The van der Waals surface area contributed by atoms with Crippen LogP contribution in [0.1, 0.15) is 38.2 Å². The predicted molar refractivity (Wildman–Crippen MR) is 112 cm³/mol. The van der Waals surface area contributed by atoms with Crippen LogP contribution in [0.4, 0.5) is 13.2 Å². The molecule has 2 heterocycles. The van der Waals surface area contributed by atoms with Crippen LogP contribution in [0.3, 0.4) is 0 Å². The molecule has 0 radical (unpaired) electrons. The van der Waals surface area contributed by atoms with Gasteiger partial charge in [-0.1, -0.05) is 30.7 Å². The highest BCUT2D eigenvalue weighted by molar-refractivity contribution is 6.30. The van der Waals surface area contributed by atoms with Crippen LogP contribution in [0.25, 0.3) is 0 Å². The summed E-state index contributed by atoms with van der Waals surface area (Å²) in [4.78, 5) is 41.3. The van der Waals surface area contributed by atoms with Gasteiger partial charge >= 0.3 is 12.1 Å². The predicted octanol–water partition coefficient (Wildman–Crippen LogP) is 2.86. The monoisotopic (exact) mass is 487 g/mol. The number of hydrogen-bond donors (Lipinski definition) is 1. The molecule has 0 aromatic heterocycles.